The van der Waals surface area contributed by atoms with Gasteiger partial charge in [-0.1, -0.05) is 53.4 Å². The number of nitrogens with zero attached hydrogens (tertiary/aromatic N) is 4. The van der Waals surface area contributed by atoms with Crippen LogP contribution in [-0.2, 0) is 0 Å². The largest absolute Gasteiger partial charge is 2.00 e. The molecule has 7 heteroatoms. The van der Waals surface area contributed by atoms with Gasteiger partial charge in [0.05, 0.1) is 0 Å². The number of rotatable bonds is 12. The summed E-state index contributed by atoms with van der Waals surface area (Å²) in [4.78, 5) is 17.7. The van der Waals surface area contributed by atoms with E-state index in [0.717, 1.165) is 75.2 Å². The smallest absolute Gasteiger partial charge is 1.00 e. The molecule has 0 aromatic rings. The summed E-state index contributed by atoms with van der Waals surface area (Å²) in [5.74, 6) is 3.83. The number of nitrogens with one attached hydrogen (secondary N) is 2. The second-order valence-electron chi connectivity index (χ2n) is 7.40. The van der Waals surface area contributed by atoms with E-state index < -0.39 is 0 Å². The summed E-state index contributed by atoms with van der Waals surface area (Å²) in [5, 5.41) is 6.40. The molecule has 0 radical (unpaired) electrons. The summed E-state index contributed by atoms with van der Waals surface area (Å²) in [6.45, 7) is 12.3. The standard InChI is InChI=1S/2C12H21N3.Ba.2H/c2*1-3-5-9-13-11-7-8-12(15-11)14-10-6-4-2;;;/h2*7-8H,3-6,9-10H2,1-2H3,(H,13,14,15);;;/q;;+2;2*-1. The van der Waals surface area contributed by atoms with Gasteiger partial charge in [-0.15, -0.1) is 0 Å². The predicted octanol–water partition coefficient (Wildman–Crippen LogP) is 4.93. The molecule has 0 aromatic carbocycles. The van der Waals surface area contributed by atoms with E-state index in [4.69, 9.17) is 0 Å². The molecule has 2 N–H and O–H groups in total. The summed E-state index contributed by atoms with van der Waals surface area (Å²) < 4.78 is 0. The van der Waals surface area contributed by atoms with Gasteiger partial charge in [0.15, 0.2) is 0 Å². The fourth-order valence-electron chi connectivity index (χ4n) is 2.54. The Morgan fingerprint density at radius 1 is 0.516 bits per heavy atom. The zero-order valence-electron chi connectivity index (χ0n) is 22.3. The molecule has 0 spiro atoms. The first-order valence-corrected chi connectivity index (χ1v) is 11.8. The van der Waals surface area contributed by atoms with Crippen LogP contribution in [0.2, 0.25) is 0 Å². The Balaban J connectivity index is -0.000000500. The molecule has 0 fully saturated rings. The van der Waals surface area contributed by atoms with Crippen LogP contribution in [0.3, 0.4) is 0 Å². The van der Waals surface area contributed by atoms with Crippen molar-refractivity contribution in [1.82, 2.24) is 10.6 Å². The zero-order valence-corrected chi connectivity index (χ0v) is 24.7. The van der Waals surface area contributed by atoms with E-state index >= 15 is 0 Å². The molecule has 0 atom stereocenters. The molecule has 2 aliphatic rings. The van der Waals surface area contributed by atoms with E-state index in [1.807, 2.05) is 24.3 Å². The van der Waals surface area contributed by atoms with Crippen molar-refractivity contribution in [2.75, 3.05) is 26.2 Å². The van der Waals surface area contributed by atoms with Gasteiger partial charge in [0.1, 0.15) is 23.3 Å². The van der Waals surface area contributed by atoms with E-state index in [2.05, 4.69) is 58.3 Å². The fourth-order valence-corrected chi connectivity index (χ4v) is 2.54. The molecular weight excluding hydrogens is 510 g/mol. The van der Waals surface area contributed by atoms with Crippen LogP contribution < -0.4 is 10.6 Å². The van der Waals surface area contributed by atoms with Crippen molar-refractivity contribution < 1.29 is 2.85 Å². The molecule has 0 amide bonds. The zero-order chi connectivity index (χ0) is 21.9. The van der Waals surface area contributed by atoms with Gasteiger partial charge in [-0.3, -0.25) is 20.0 Å². The minimum atomic E-state index is 0. The SMILES string of the molecule is CCCCN=C1C=CC(=NCCCC)N1.CCCCN=C1C=CC(=NCCCC)N1.[Ba+2].[H-].[H-]. The number of unbranched alkanes of at least 4 members (excludes halogenated alkanes) is 4. The first kappa shape index (κ1) is 30.3. The Bertz CT molecular complexity index is 549. The minimum Gasteiger partial charge on any atom is -1.00 e. The van der Waals surface area contributed by atoms with Crippen LogP contribution in [0.1, 0.15) is 81.9 Å². The normalized spacial score (nSPS) is 19.5. The number of hydrogen-bond donors (Lipinski definition) is 2. The van der Waals surface area contributed by atoms with E-state index in [1.54, 1.807) is 0 Å². The molecule has 2 aliphatic heterocycles. The summed E-state index contributed by atoms with van der Waals surface area (Å²) >= 11 is 0. The maximum atomic E-state index is 4.43. The van der Waals surface area contributed by atoms with Crippen LogP contribution in [0.4, 0.5) is 0 Å². The van der Waals surface area contributed by atoms with E-state index in [-0.39, 0.29) is 51.7 Å². The van der Waals surface area contributed by atoms with Crippen molar-refractivity contribution in [2.24, 2.45) is 20.0 Å². The predicted molar refractivity (Wildman–Crippen MR) is 141 cm³/mol. The third kappa shape index (κ3) is 15.7. The summed E-state index contributed by atoms with van der Waals surface area (Å²) in [5.41, 5.74) is 0. The van der Waals surface area contributed by atoms with E-state index in [0.29, 0.717) is 0 Å². The molecule has 31 heavy (non-hydrogen) atoms. The monoisotopic (exact) mass is 554 g/mol. The molecule has 6 nitrogen and oxygen atoms in total. The van der Waals surface area contributed by atoms with Crippen LogP contribution in [0.15, 0.2) is 44.3 Å². The molecule has 0 bridgehead atoms. The van der Waals surface area contributed by atoms with Crippen LogP contribution in [0.5, 0.6) is 0 Å². The Morgan fingerprint density at radius 3 is 0.935 bits per heavy atom. The molecule has 2 rings (SSSR count). The van der Waals surface area contributed by atoms with Crippen molar-refractivity contribution in [3.05, 3.63) is 24.3 Å². The average Bonchev–Trinajstić information content (AvgIpc) is 3.39. The van der Waals surface area contributed by atoms with E-state index in [9.17, 15) is 0 Å². The van der Waals surface area contributed by atoms with Gasteiger partial charge in [0.2, 0.25) is 0 Å². The van der Waals surface area contributed by atoms with Crippen molar-refractivity contribution in [2.45, 2.75) is 79.1 Å². The van der Waals surface area contributed by atoms with Gasteiger partial charge in [-0.05, 0) is 50.0 Å². The van der Waals surface area contributed by atoms with Crippen LogP contribution in [0.25, 0.3) is 0 Å². The minimum absolute atomic E-state index is 0. The Labute approximate surface area is 233 Å². The third-order valence-electron chi connectivity index (χ3n) is 4.49. The second-order valence-corrected chi connectivity index (χ2v) is 7.40. The van der Waals surface area contributed by atoms with E-state index in [1.165, 1.54) is 25.7 Å². The molecule has 0 aromatic heterocycles. The first-order chi connectivity index (χ1) is 14.7. The molecule has 2 heterocycles. The van der Waals surface area contributed by atoms with Gasteiger partial charge in [-0.25, -0.2) is 0 Å². The number of amidine groups is 4. The Hall–Kier alpha value is -0.669. The summed E-state index contributed by atoms with van der Waals surface area (Å²) in [7, 11) is 0. The Morgan fingerprint density at radius 2 is 0.742 bits per heavy atom. The van der Waals surface area contributed by atoms with Crippen molar-refractivity contribution in [1.29, 1.82) is 0 Å². The van der Waals surface area contributed by atoms with Crippen molar-refractivity contribution >= 4 is 72.2 Å². The van der Waals surface area contributed by atoms with Gasteiger partial charge in [0.25, 0.3) is 0 Å². The molecule has 0 aliphatic carbocycles. The molecule has 0 saturated carbocycles. The first-order valence-electron chi connectivity index (χ1n) is 11.8. The van der Waals surface area contributed by atoms with Gasteiger partial charge in [-0.2, -0.15) is 0 Å². The average molecular weight is 554 g/mol. The molecular formula is C24H44BaN6. The maximum absolute atomic E-state index is 4.43. The summed E-state index contributed by atoms with van der Waals surface area (Å²) in [6, 6.07) is 0. The summed E-state index contributed by atoms with van der Waals surface area (Å²) in [6.07, 6.45) is 17.4. The fraction of sp³-hybridized carbons (Fsp3) is 0.667. The third-order valence-corrected chi connectivity index (χ3v) is 4.49. The van der Waals surface area contributed by atoms with Crippen LogP contribution in [0, 0.1) is 0 Å². The van der Waals surface area contributed by atoms with Gasteiger partial charge >= 0.3 is 48.9 Å². The van der Waals surface area contributed by atoms with Gasteiger partial charge in [0, 0.05) is 26.2 Å². The van der Waals surface area contributed by atoms with Gasteiger partial charge < -0.3 is 13.5 Å². The Kier molecular flexibility index (Phi) is 20.7. The van der Waals surface area contributed by atoms with Crippen LogP contribution in [-0.4, -0.2) is 98.4 Å². The number of hydrogen-bond acceptors (Lipinski definition) is 4. The topological polar surface area (TPSA) is 73.5 Å². The molecule has 172 valence electrons. The van der Waals surface area contributed by atoms with Crippen LogP contribution >= 0.6 is 0 Å². The maximum Gasteiger partial charge on any atom is 2.00 e. The second kappa shape index (κ2) is 21.2. The number of aliphatic imine (C=N–C) groups is 4. The molecule has 0 saturated heterocycles. The quantitative estimate of drug-likeness (QED) is 0.266. The molecule has 0 unspecified atom stereocenters. The van der Waals surface area contributed by atoms with Crippen molar-refractivity contribution in [3.8, 4) is 0 Å². The van der Waals surface area contributed by atoms with Crippen molar-refractivity contribution in [3.63, 3.8) is 0 Å².